The molecule has 0 radical (unpaired) electrons. The normalized spacial score (nSPS) is 13.5. The van der Waals surface area contributed by atoms with Gasteiger partial charge in [0.2, 0.25) is 5.91 Å². The molecule has 160 valence electrons. The van der Waals surface area contributed by atoms with Gasteiger partial charge in [0.25, 0.3) is 5.91 Å². The van der Waals surface area contributed by atoms with Crippen molar-refractivity contribution in [3.63, 3.8) is 0 Å². The molecule has 1 fully saturated rings. The fourth-order valence-electron chi connectivity index (χ4n) is 3.84. The van der Waals surface area contributed by atoms with E-state index in [-0.39, 0.29) is 11.8 Å². The third kappa shape index (κ3) is 3.92. The summed E-state index contributed by atoms with van der Waals surface area (Å²) >= 11 is 0. The molecule has 3 heterocycles. The van der Waals surface area contributed by atoms with Crippen molar-refractivity contribution >= 4 is 17.5 Å². The predicted octanol–water partition coefficient (Wildman–Crippen LogP) is 4.19. The molecule has 1 aliphatic heterocycles. The number of amides is 2. The molecule has 2 amide bonds. The summed E-state index contributed by atoms with van der Waals surface area (Å²) in [6.07, 6.45) is 3.08. The molecule has 32 heavy (non-hydrogen) atoms. The van der Waals surface area contributed by atoms with Crippen molar-refractivity contribution in [3.8, 4) is 17.1 Å². The average Bonchev–Trinajstić information content (AvgIpc) is 3.59. The van der Waals surface area contributed by atoms with E-state index in [2.05, 4.69) is 10.4 Å². The van der Waals surface area contributed by atoms with Gasteiger partial charge in [0.15, 0.2) is 5.76 Å². The Morgan fingerprint density at radius 2 is 1.81 bits per heavy atom. The molecule has 0 saturated carbocycles. The summed E-state index contributed by atoms with van der Waals surface area (Å²) in [6, 6.07) is 22.6. The van der Waals surface area contributed by atoms with Crippen molar-refractivity contribution in [2.24, 2.45) is 0 Å². The maximum absolute atomic E-state index is 13.1. The molecule has 7 nitrogen and oxygen atoms in total. The predicted molar refractivity (Wildman–Crippen MR) is 120 cm³/mol. The smallest absolute Gasteiger partial charge is 0.270 e. The Labute approximate surface area is 185 Å². The van der Waals surface area contributed by atoms with Crippen LogP contribution in [-0.2, 0) is 11.3 Å². The van der Waals surface area contributed by atoms with Gasteiger partial charge in [-0.3, -0.25) is 9.59 Å². The minimum Gasteiger partial charge on any atom is -0.463 e. The Bertz CT molecular complexity index is 1230. The van der Waals surface area contributed by atoms with Crippen LogP contribution in [0.1, 0.15) is 28.9 Å². The number of hydrogen-bond acceptors (Lipinski definition) is 4. The number of nitrogens with one attached hydrogen (secondary N) is 1. The van der Waals surface area contributed by atoms with Gasteiger partial charge >= 0.3 is 0 Å². The number of carbonyl (C=O) groups excluding carboxylic acids is 2. The first-order valence-electron chi connectivity index (χ1n) is 10.6. The fourth-order valence-corrected chi connectivity index (χ4v) is 3.84. The van der Waals surface area contributed by atoms with E-state index in [0.29, 0.717) is 30.1 Å². The zero-order valence-corrected chi connectivity index (χ0v) is 17.4. The maximum atomic E-state index is 13.1. The number of benzene rings is 2. The Morgan fingerprint density at radius 1 is 1.00 bits per heavy atom. The molecule has 0 atom stereocenters. The fraction of sp³-hybridized carbons (Fsp3) is 0.160. The second-order valence-electron chi connectivity index (χ2n) is 7.64. The topological polar surface area (TPSA) is 80.4 Å². The van der Waals surface area contributed by atoms with E-state index < -0.39 is 0 Å². The van der Waals surface area contributed by atoms with Gasteiger partial charge in [0, 0.05) is 31.3 Å². The van der Waals surface area contributed by atoms with Gasteiger partial charge in [-0.15, -0.1) is 0 Å². The zero-order chi connectivity index (χ0) is 21.9. The minimum absolute atomic E-state index is 0.160. The van der Waals surface area contributed by atoms with Crippen LogP contribution in [0, 0.1) is 0 Å². The summed E-state index contributed by atoms with van der Waals surface area (Å²) in [7, 11) is 0. The molecule has 5 rings (SSSR count). The number of hydrogen-bond donors (Lipinski definition) is 1. The van der Waals surface area contributed by atoms with Crippen LogP contribution in [0.5, 0.6) is 0 Å². The van der Waals surface area contributed by atoms with E-state index in [1.165, 1.54) is 0 Å². The Morgan fingerprint density at radius 3 is 2.50 bits per heavy atom. The van der Waals surface area contributed by atoms with E-state index in [1.54, 1.807) is 28.0 Å². The average molecular weight is 426 g/mol. The Kier molecular flexibility index (Phi) is 5.29. The number of carbonyl (C=O) groups is 2. The minimum atomic E-state index is -0.238. The summed E-state index contributed by atoms with van der Waals surface area (Å²) in [6.45, 7) is 1.12. The van der Waals surface area contributed by atoms with Crippen LogP contribution in [0.2, 0.25) is 0 Å². The molecule has 0 aliphatic carbocycles. The van der Waals surface area contributed by atoms with Crippen LogP contribution in [0.15, 0.2) is 83.5 Å². The van der Waals surface area contributed by atoms with Gasteiger partial charge in [0.05, 0.1) is 12.0 Å². The molecule has 1 saturated heterocycles. The first-order chi connectivity index (χ1) is 15.7. The number of aromatic nitrogens is 2. The van der Waals surface area contributed by atoms with Gasteiger partial charge in [0.1, 0.15) is 11.4 Å². The van der Waals surface area contributed by atoms with Gasteiger partial charge in [-0.25, -0.2) is 4.68 Å². The van der Waals surface area contributed by atoms with E-state index in [0.717, 1.165) is 29.9 Å². The lowest BCUT2D eigenvalue weighted by Crippen LogP contribution is -2.26. The highest BCUT2D eigenvalue weighted by Crippen LogP contribution is 2.23. The lowest BCUT2D eigenvalue weighted by atomic mass is 10.2. The van der Waals surface area contributed by atoms with Crippen LogP contribution in [0.25, 0.3) is 17.1 Å². The van der Waals surface area contributed by atoms with Crippen molar-refractivity contribution in [3.05, 3.63) is 90.3 Å². The van der Waals surface area contributed by atoms with Crippen molar-refractivity contribution in [2.45, 2.75) is 19.4 Å². The van der Waals surface area contributed by atoms with E-state index in [1.807, 2.05) is 60.7 Å². The molecule has 2 aromatic carbocycles. The zero-order valence-electron chi connectivity index (χ0n) is 17.4. The molecular formula is C25H22N4O3. The van der Waals surface area contributed by atoms with E-state index in [4.69, 9.17) is 4.42 Å². The highest BCUT2D eigenvalue weighted by Gasteiger charge is 2.22. The van der Waals surface area contributed by atoms with Crippen molar-refractivity contribution < 1.29 is 14.0 Å². The summed E-state index contributed by atoms with van der Waals surface area (Å²) in [5, 5.41) is 7.56. The number of anilines is 1. The quantitative estimate of drug-likeness (QED) is 0.501. The summed E-state index contributed by atoms with van der Waals surface area (Å²) in [4.78, 5) is 26.8. The third-order valence-corrected chi connectivity index (χ3v) is 5.49. The van der Waals surface area contributed by atoms with Crippen molar-refractivity contribution in [2.75, 3.05) is 11.4 Å². The Hall–Kier alpha value is -4.13. The molecule has 0 bridgehead atoms. The standard InChI is InChI=1S/C25H22N4O3/c30-24-9-4-14-28(24)19-12-10-18(11-13-19)17-26-25(31)22-16-21(23-8-5-15-32-23)27-29(22)20-6-2-1-3-7-20/h1-3,5-8,10-13,15-16H,4,9,14,17H2,(H,26,31). The summed E-state index contributed by atoms with van der Waals surface area (Å²) in [5.74, 6) is 0.520. The molecule has 4 aromatic rings. The van der Waals surface area contributed by atoms with E-state index >= 15 is 0 Å². The lowest BCUT2D eigenvalue weighted by Gasteiger charge is -2.16. The Balaban J connectivity index is 1.34. The van der Waals surface area contributed by atoms with Crippen LogP contribution in [-0.4, -0.2) is 28.1 Å². The van der Waals surface area contributed by atoms with Gasteiger partial charge in [-0.05, 0) is 48.4 Å². The second-order valence-corrected chi connectivity index (χ2v) is 7.64. The van der Waals surface area contributed by atoms with E-state index in [9.17, 15) is 9.59 Å². The molecule has 7 heteroatoms. The largest absolute Gasteiger partial charge is 0.463 e. The molecular weight excluding hydrogens is 404 g/mol. The van der Waals surface area contributed by atoms with Crippen LogP contribution in [0.4, 0.5) is 5.69 Å². The van der Waals surface area contributed by atoms with Crippen LogP contribution in [0.3, 0.4) is 0 Å². The van der Waals surface area contributed by atoms with Crippen molar-refractivity contribution in [1.29, 1.82) is 0 Å². The molecule has 0 unspecified atom stereocenters. The maximum Gasteiger partial charge on any atom is 0.270 e. The third-order valence-electron chi connectivity index (χ3n) is 5.49. The van der Waals surface area contributed by atoms with Crippen molar-refractivity contribution in [1.82, 2.24) is 15.1 Å². The second kappa shape index (κ2) is 8.55. The monoisotopic (exact) mass is 426 g/mol. The number of rotatable bonds is 6. The molecule has 0 spiro atoms. The SMILES string of the molecule is O=C(NCc1ccc(N2CCCC2=O)cc1)c1cc(-c2ccco2)nn1-c1ccccc1. The number of furan rings is 1. The highest BCUT2D eigenvalue weighted by molar-refractivity contribution is 5.95. The van der Waals surface area contributed by atoms with Gasteiger partial charge in [-0.2, -0.15) is 5.10 Å². The first kappa shape index (κ1) is 19.8. The lowest BCUT2D eigenvalue weighted by molar-refractivity contribution is -0.117. The molecule has 1 aliphatic rings. The summed E-state index contributed by atoms with van der Waals surface area (Å²) < 4.78 is 7.08. The van der Waals surface area contributed by atoms with Gasteiger partial charge in [-0.1, -0.05) is 30.3 Å². The van der Waals surface area contributed by atoms with Crippen LogP contribution >= 0.6 is 0 Å². The van der Waals surface area contributed by atoms with Crippen LogP contribution < -0.4 is 10.2 Å². The first-order valence-corrected chi connectivity index (χ1v) is 10.6. The molecule has 1 N–H and O–H groups in total. The highest BCUT2D eigenvalue weighted by atomic mass is 16.3. The number of nitrogens with zero attached hydrogens (tertiary/aromatic N) is 3. The summed E-state index contributed by atoms with van der Waals surface area (Å²) in [5.41, 5.74) is 3.64. The molecule has 2 aromatic heterocycles. The number of para-hydroxylation sites is 1. The van der Waals surface area contributed by atoms with Gasteiger partial charge < -0.3 is 14.6 Å².